The number of rotatable bonds is 5. The Labute approximate surface area is 133 Å². The normalized spacial score (nSPS) is 10.8. The van der Waals surface area contributed by atoms with Gasteiger partial charge in [0.25, 0.3) is 0 Å². The van der Waals surface area contributed by atoms with Crippen molar-refractivity contribution in [2.75, 3.05) is 19.4 Å². The highest BCUT2D eigenvalue weighted by atomic mass is 79.9. The van der Waals surface area contributed by atoms with Crippen molar-refractivity contribution in [1.29, 1.82) is 0 Å². The largest absolute Gasteiger partial charge is 0.381 e. The van der Waals surface area contributed by atoms with Crippen molar-refractivity contribution >= 4 is 33.2 Å². The number of halogens is 2. The second kappa shape index (κ2) is 7.11. The van der Waals surface area contributed by atoms with Crippen molar-refractivity contribution in [3.63, 3.8) is 0 Å². The van der Waals surface area contributed by atoms with Gasteiger partial charge in [0.05, 0.1) is 5.02 Å². The third-order valence-corrected chi connectivity index (χ3v) is 4.14. The first-order chi connectivity index (χ1) is 9.54. The monoisotopic (exact) mass is 352 g/mol. The minimum absolute atomic E-state index is 0.741. The molecule has 0 amide bonds. The first-order valence-electron chi connectivity index (χ1n) is 6.46. The van der Waals surface area contributed by atoms with Crippen LogP contribution in [0.25, 0.3) is 0 Å². The summed E-state index contributed by atoms with van der Waals surface area (Å²) in [5.74, 6) is 0. The molecule has 0 radical (unpaired) electrons. The lowest BCUT2D eigenvalue weighted by Gasteiger charge is -2.12. The van der Waals surface area contributed by atoms with Crippen LogP contribution in [0.3, 0.4) is 0 Å². The lowest BCUT2D eigenvalue weighted by Crippen LogP contribution is -2.10. The maximum Gasteiger partial charge on any atom is 0.0551 e. The second-order valence-corrected chi connectivity index (χ2v) is 6.30. The lowest BCUT2D eigenvalue weighted by molar-refractivity contribution is 0.402. The predicted molar refractivity (Wildman–Crippen MR) is 90.3 cm³/mol. The van der Waals surface area contributed by atoms with E-state index < -0.39 is 0 Å². The predicted octanol–water partition coefficient (Wildman–Crippen LogP) is 4.78. The smallest absolute Gasteiger partial charge is 0.0551 e. The molecule has 0 atom stereocenters. The molecule has 0 bridgehead atoms. The number of nitrogens with one attached hydrogen (secondary N) is 1. The van der Waals surface area contributed by atoms with Gasteiger partial charge in [0, 0.05) is 23.2 Å². The van der Waals surface area contributed by atoms with Crippen LogP contribution in [0.2, 0.25) is 5.02 Å². The summed E-state index contributed by atoms with van der Waals surface area (Å²) in [5, 5.41) is 4.17. The molecule has 2 aromatic rings. The minimum Gasteiger partial charge on any atom is -0.381 e. The highest BCUT2D eigenvalue weighted by Crippen LogP contribution is 2.23. The number of nitrogens with zero attached hydrogens (tertiary/aromatic N) is 1. The summed E-state index contributed by atoms with van der Waals surface area (Å²) in [7, 11) is 4.15. The average molecular weight is 354 g/mol. The molecule has 0 heterocycles. The van der Waals surface area contributed by atoms with Crippen molar-refractivity contribution in [3.05, 3.63) is 63.1 Å². The van der Waals surface area contributed by atoms with E-state index in [2.05, 4.69) is 70.6 Å². The third kappa shape index (κ3) is 4.51. The molecule has 0 unspecified atom stereocenters. The Bertz CT molecular complexity index is 584. The maximum atomic E-state index is 6.10. The fourth-order valence-corrected chi connectivity index (χ4v) is 2.45. The van der Waals surface area contributed by atoms with E-state index in [1.165, 1.54) is 5.56 Å². The molecule has 0 fully saturated rings. The van der Waals surface area contributed by atoms with Gasteiger partial charge in [0.15, 0.2) is 0 Å². The zero-order valence-corrected chi connectivity index (χ0v) is 14.0. The Morgan fingerprint density at radius 3 is 2.60 bits per heavy atom. The van der Waals surface area contributed by atoms with Gasteiger partial charge in [-0.15, -0.1) is 0 Å². The van der Waals surface area contributed by atoms with Crippen molar-refractivity contribution in [2.24, 2.45) is 0 Å². The molecule has 4 heteroatoms. The van der Waals surface area contributed by atoms with E-state index >= 15 is 0 Å². The van der Waals surface area contributed by atoms with Gasteiger partial charge < -0.3 is 10.2 Å². The van der Waals surface area contributed by atoms with Crippen LogP contribution in [0.1, 0.15) is 11.1 Å². The molecule has 106 valence electrons. The average Bonchev–Trinajstić information content (AvgIpc) is 2.40. The summed E-state index contributed by atoms with van der Waals surface area (Å²) >= 11 is 9.50. The highest BCUT2D eigenvalue weighted by Gasteiger charge is 2.01. The van der Waals surface area contributed by atoms with E-state index in [0.717, 1.165) is 33.8 Å². The van der Waals surface area contributed by atoms with Crippen molar-refractivity contribution in [3.8, 4) is 0 Å². The van der Waals surface area contributed by atoms with Gasteiger partial charge >= 0.3 is 0 Å². The van der Waals surface area contributed by atoms with Crippen molar-refractivity contribution in [2.45, 2.75) is 13.1 Å². The number of hydrogen-bond donors (Lipinski definition) is 1. The molecule has 0 aliphatic heterocycles. The molecular weight excluding hydrogens is 336 g/mol. The van der Waals surface area contributed by atoms with Gasteiger partial charge in [0.1, 0.15) is 0 Å². The quantitative estimate of drug-likeness (QED) is 0.832. The summed E-state index contributed by atoms with van der Waals surface area (Å²) in [4.78, 5) is 2.16. The molecule has 1 N–H and O–H groups in total. The Balaban J connectivity index is 2.01. The molecular formula is C16H18BrClN2. The summed E-state index contributed by atoms with van der Waals surface area (Å²) in [6, 6.07) is 14.5. The number of benzene rings is 2. The van der Waals surface area contributed by atoms with Gasteiger partial charge in [0.2, 0.25) is 0 Å². The fourth-order valence-electron chi connectivity index (χ4n) is 2.00. The molecule has 0 saturated heterocycles. The maximum absolute atomic E-state index is 6.10. The van der Waals surface area contributed by atoms with E-state index in [0.29, 0.717) is 0 Å². The third-order valence-electron chi connectivity index (χ3n) is 2.91. The van der Waals surface area contributed by atoms with Crippen LogP contribution < -0.4 is 5.32 Å². The molecule has 0 aliphatic rings. The molecule has 0 saturated carbocycles. The van der Waals surface area contributed by atoms with Crippen LogP contribution in [0.5, 0.6) is 0 Å². The first kappa shape index (κ1) is 15.4. The van der Waals surface area contributed by atoms with E-state index in [-0.39, 0.29) is 0 Å². The molecule has 0 aliphatic carbocycles. The first-order valence-corrected chi connectivity index (χ1v) is 7.63. The zero-order chi connectivity index (χ0) is 14.5. The Hall–Kier alpha value is -1.03. The van der Waals surface area contributed by atoms with Gasteiger partial charge in [-0.05, 0) is 65.4 Å². The molecule has 2 nitrogen and oxygen atoms in total. The standard InChI is InChI=1S/C16H18BrClN2/c1-20(2)11-13-4-3-5-14(8-13)19-10-12-6-7-15(17)16(18)9-12/h3-9,19H,10-11H2,1-2H3. The second-order valence-electron chi connectivity index (χ2n) is 5.04. The van der Waals surface area contributed by atoms with Crippen LogP contribution in [0.15, 0.2) is 46.9 Å². The SMILES string of the molecule is CN(C)Cc1cccc(NCc2ccc(Br)c(Cl)c2)c1. The topological polar surface area (TPSA) is 15.3 Å². The molecule has 2 aromatic carbocycles. The fraction of sp³-hybridized carbons (Fsp3) is 0.250. The summed E-state index contributed by atoms with van der Waals surface area (Å²) < 4.78 is 0.927. The van der Waals surface area contributed by atoms with E-state index in [1.807, 2.05) is 12.1 Å². The van der Waals surface area contributed by atoms with Gasteiger partial charge in [-0.1, -0.05) is 29.8 Å². The Kier molecular flexibility index (Phi) is 5.46. The van der Waals surface area contributed by atoms with Crippen molar-refractivity contribution < 1.29 is 0 Å². The minimum atomic E-state index is 0.741. The molecule has 0 aromatic heterocycles. The molecule has 0 spiro atoms. The molecule has 20 heavy (non-hydrogen) atoms. The van der Waals surface area contributed by atoms with Crippen LogP contribution in [-0.2, 0) is 13.1 Å². The van der Waals surface area contributed by atoms with Crippen LogP contribution in [-0.4, -0.2) is 19.0 Å². The Morgan fingerprint density at radius 1 is 1.10 bits per heavy atom. The van der Waals surface area contributed by atoms with E-state index in [9.17, 15) is 0 Å². The van der Waals surface area contributed by atoms with Crippen molar-refractivity contribution in [1.82, 2.24) is 4.90 Å². The van der Waals surface area contributed by atoms with Gasteiger partial charge in [-0.25, -0.2) is 0 Å². The number of hydrogen-bond acceptors (Lipinski definition) is 2. The van der Waals surface area contributed by atoms with Gasteiger partial charge in [-0.2, -0.15) is 0 Å². The van der Waals surface area contributed by atoms with Crippen LogP contribution in [0, 0.1) is 0 Å². The lowest BCUT2D eigenvalue weighted by atomic mass is 10.1. The summed E-state index contributed by atoms with van der Waals surface area (Å²) in [6.07, 6.45) is 0. The Morgan fingerprint density at radius 2 is 1.90 bits per heavy atom. The molecule has 2 rings (SSSR count). The van der Waals surface area contributed by atoms with Gasteiger partial charge in [-0.3, -0.25) is 0 Å². The number of anilines is 1. The van der Waals surface area contributed by atoms with Crippen LogP contribution in [0.4, 0.5) is 5.69 Å². The van der Waals surface area contributed by atoms with Crippen LogP contribution >= 0.6 is 27.5 Å². The summed E-state index contributed by atoms with van der Waals surface area (Å²) in [5.41, 5.74) is 3.59. The van der Waals surface area contributed by atoms with E-state index in [1.54, 1.807) is 0 Å². The zero-order valence-electron chi connectivity index (χ0n) is 11.7. The summed E-state index contributed by atoms with van der Waals surface area (Å²) in [6.45, 7) is 1.71. The highest BCUT2D eigenvalue weighted by molar-refractivity contribution is 9.10. The van der Waals surface area contributed by atoms with E-state index in [4.69, 9.17) is 11.6 Å².